The summed E-state index contributed by atoms with van der Waals surface area (Å²) in [6.07, 6.45) is 3.73. The van der Waals surface area contributed by atoms with E-state index in [1.165, 1.54) is 7.11 Å². The molecule has 0 aliphatic heterocycles. The van der Waals surface area contributed by atoms with Crippen LogP contribution in [0.4, 0.5) is 5.82 Å². The lowest BCUT2D eigenvalue weighted by molar-refractivity contribution is -0.146. The first-order valence-electron chi connectivity index (χ1n) is 6.01. The van der Waals surface area contributed by atoms with Crippen LogP contribution >= 0.6 is 0 Å². The summed E-state index contributed by atoms with van der Waals surface area (Å²) < 4.78 is 4.78. The van der Waals surface area contributed by atoms with Crippen LogP contribution in [0.3, 0.4) is 0 Å². The standard InChI is InChI=1S/C13H18N2O2/c1-17-13(16)10-7-5-9(6-8-10)11-3-2-4-12(14)15-11/h2-4,9-10H,5-8H2,1H3,(H2,14,15). The Labute approximate surface area is 101 Å². The van der Waals surface area contributed by atoms with E-state index < -0.39 is 0 Å². The number of pyridine rings is 1. The molecule has 0 amide bonds. The van der Waals surface area contributed by atoms with E-state index in [9.17, 15) is 4.79 Å². The molecule has 0 atom stereocenters. The minimum atomic E-state index is -0.0796. The average molecular weight is 234 g/mol. The molecule has 4 nitrogen and oxygen atoms in total. The molecule has 0 spiro atoms. The highest BCUT2D eigenvalue weighted by Gasteiger charge is 2.28. The van der Waals surface area contributed by atoms with Crippen LogP contribution in [0, 0.1) is 5.92 Å². The molecule has 0 unspecified atom stereocenters. The van der Waals surface area contributed by atoms with E-state index in [4.69, 9.17) is 10.5 Å². The number of aromatic nitrogens is 1. The highest BCUT2D eigenvalue weighted by atomic mass is 16.5. The van der Waals surface area contributed by atoms with Crippen molar-refractivity contribution in [1.29, 1.82) is 0 Å². The highest BCUT2D eigenvalue weighted by molar-refractivity contribution is 5.72. The number of anilines is 1. The summed E-state index contributed by atoms with van der Waals surface area (Å²) in [4.78, 5) is 15.8. The first-order chi connectivity index (χ1) is 8.20. The second-order valence-corrected chi connectivity index (χ2v) is 4.56. The zero-order valence-electron chi connectivity index (χ0n) is 10.1. The second kappa shape index (κ2) is 5.17. The number of rotatable bonds is 2. The van der Waals surface area contributed by atoms with Crippen LogP contribution in [0.15, 0.2) is 18.2 Å². The average Bonchev–Trinajstić information content (AvgIpc) is 2.38. The van der Waals surface area contributed by atoms with Gasteiger partial charge < -0.3 is 10.5 Å². The van der Waals surface area contributed by atoms with Crippen molar-refractivity contribution in [2.24, 2.45) is 5.92 Å². The first-order valence-corrected chi connectivity index (χ1v) is 6.01. The predicted molar refractivity (Wildman–Crippen MR) is 65.4 cm³/mol. The summed E-state index contributed by atoms with van der Waals surface area (Å²) in [5.41, 5.74) is 6.73. The molecule has 0 saturated heterocycles. The zero-order valence-corrected chi connectivity index (χ0v) is 10.1. The third-order valence-electron chi connectivity index (χ3n) is 3.47. The Bertz CT molecular complexity index is 398. The number of esters is 1. The number of carbonyl (C=O) groups is 1. The van der Waals surface area contributed by atoms with Crippen molar-refractivity contribution in [3.05, 3.63) is 23.9 Å². The number of carbonyl (C=O) groups excluding carboxylic acids is 1. The Hall–Kier alpha value is -1.58. The SMILES string of the molecule is COC(=O)C1CCC(c2cccc(N)n2)CC1. The van der Waals surface area contributed by atoms with Crippen LogP contribution in [0.1, 0.15) is 37.3 Å². The molecule has 1 saturated carbocycles. The van der Waals surface area contributed by atoms with Gasteiger partial charge in [0.2, 0.25) is 0 Å². The topological polar surface area (TPSA) is 65.2 Å². The molecule has 2 rings (SSSR count). The number of hydrogen-bond acceptors (Lipinski definition) is 4. The minimum absolute atomic E-state index is 0.0670. The van der Waals surface area contributed by atoms with Crippen LogP contribution < -0.4 is 5.73 Å². The van der Waals surface area contributed by atoms with Gasteiger partial charge >= 0.3 is 5.97 Å². The number of ether oxygens (including phenoxy) is 1. The van der Waals surface area contributed by atoms with Crippen LogP contribution in [-0.4, -0.2) is 18.1 Å². The van der Waals surface area contributed by atoms with Crippen molar-refractivity contribution in [1.82, 2.24) is 4.98 Å². The molecule has 17 heavy (non-hydrogen) atoms. The fourth-order valence-electron chi connectivity index (χ4n) is 2.49. The third kappa shape index (κ3) is 2.75. The summed E-state index contributed by atoms with van der Waals surface area (Å²) in [5.74, 6) is 0.985. The van der Waals surface area contributed by atoms with Crippen molar-refractivity contribution in [3.63, 3.8) is 0 Å². The Morgan fingerprint density at radius 1 is 1.35 bits per heavy atom. The number of nitrogens with two attached hydrogens (primary N) is 1. The minimum Gasteiger partial charge on any atom is -0.469 e. The fourth-order valence-corrected chi connectivity index (χ4v) is 2.49. The van der Waals surface area contributed by atoms with Crippen molar-refractivity contribution in [2.45, 2.75) is 31.6 Å². The second-order valence-electron chi connectivity index (χ2n) is 4.56. The zero-order chi connectivity index (χ0) is 12.3. The van der Waals surface area contributed by atoms with Gasteiger partial charge in [-0.25, -0.2) is 4.98 Å². The van der Waals surface area contributed by atoms with E-state index in [1.54, 1.807) is 6.07 Å². The Morgan fingerprint density at radius 3 is 2.65 bits per heavy atom. The molecule has 1 aromatic heterocycles. The van der Waals surface area contributed by atoms with Crippen molar-refractivity contribution in [2.75, 3.05) is 12.8 Å². The van der Waals surface area contributed by atoms with Gasteiger partial charge in [-0.1, -0.05) is 6.07 Å². The van der Waals surface area contributed by atoms with Crippen molar-refractivity contribution >= 4 is 11.8 Å². The van der Waals surface area contributed by atoms with Crippen molar-refractivity contribution < 1.29 is 9.53 Å². The maximum Gasteiger partial charge on any atom is 0.308 e. The van der Waals surface area contributed by atoms with Gasteiger partial charge in [-0.15, -0.1) is 0 Å². The molecular weight excluding hydrogens is 216 g/mol. The maximum absolute atomic E-state index is 11.4. The molecule has 0 aromatic carbocycles. The van der Waals surface area contributed by atoms with E-state index in [-0.39, 0.29) is 11.9 Å². The van der Waals surface area contributed by atoms with E-state index >= 15 is 0 Å². The molecule has 4 heteroatoms. The largest absolute Gasteiger partial charge is 0.469 e. The normalized spacial score (nSPS) is 24.3. The monoisotopic (exact) mass is 234 g/mol. The number of nitrogen functional groups attached to an aromatic ring is 1. The van der Waals surface area contributed by atoms with E-state index in [2.05, 4.69) is 4.98 Å². The van der Waals surface area contributed by atoms with Gasteiger partial charge in [0.25, 0.3) is 0 Å². The molecule has 1 heterocycles. The van der Waals surface area contributed by atoms with Crippen molar-refractivity contribution in [3.8, 4) is 0 Å². The van der Waals surface area contributed by atoms with Crippen LogP contribution in [-0.2, 0) is 9.53 Å². The van der Waals surface area contributed by atoms with Gasteiger partial charge in [-0.3, -0.25) is 4.79 Å². The summed E-state index contributed by atoms with van der Waals surface area (Å²) in [6.45, 7) is 0. The molecule has 1 aliphatic rings. The number of nitrogens with zero attached hydrogens (tertiary/aromatic N) is 1. The molecular formula is C13H18N2O2. The fraction of sp³-hybridized carbons (Fsp3) is 0.538. The van der Waals surface area contributed by atoms with Gasteiger partial charge in [0.15, 0.2) is 0 Å². The van der Waals surface area contributed by atoms with Gasteiger partial charge in [0.1, 0.15) is 5.82 Å². The molecule has 2 N–H and O–H groups in total. The van der Waals surface area contributed by atoms with Crippen LogP contribution in [0.2, 0.25) is 0 Å². The Kier molecular flexibility index (Phi) is 3.61. The lowest BCUT2D eigenvalue weighted by Crippen LogP contribution is -2.22. The van der Waals surface area contributed by atoms with Gasteiger partial charge in [-0.05, 0) is 37.8 Å². The van der Waals surface area contributed by atoms with E-state index in [0.29, 0.717) is 11.7 Å². The molecule has 0 bridgehead atoms. The molecule has 1 aliphatic carbocycles. The van der Waals surface area contributed by atoms with Crippen LogP contribution in [0.25, 0.3) is 0 Å². The highest BCUT2D eigenvalue weighted by Crippen LogP contribution is 2.35. The molecule has 1 fully saturated rings. The summed E-state index contributed by atoms with van der Waals surface area (Å²) >= 11 is 0. The predicted octanol–water partition coefficient (Wildman–Crippen LogP) is 2.11. The quantitative estimate of drug-likeness (QED) is 0.796. The van der Waals surface area contributed by atoms with Gasteiger partial charge in [0, 0.05) is 11.6 Å². The van der Waals surface area contributed by atoms with Gasteiger partial charge in [-0.2, -0.15) is 0 Å². The summed E-state index contributed by atoms with van der Waals surface area (Å²) in [5, 5.41) is 0. The maximum atomic E-state index is 11.4. The summed E-state index contributed by atoms with van der Waals surface area (Å²) in [6, 6.07) is 5.74. The Balaban J connectivity index is 1.97. The Morgan fingerprint density at radius 2 is 2.06 bits per heavy atom. The van der Waals surface area contributed by atoms with E-state index in [1.807, 2.05) is 12.1 Å². The molecule has 92 valence electrons. The summed E-state index contributed by atoms with van der Waals surface area (Å²) in [7, 11) is 1.45. The van der Waals surface area contributed by atoms with Gasteiger partial charge in [0.05, 0.1) is 13.0 Å². The van der Waals surface area contributed by atoms with Crippen LogP contribution in [0.5, 0.6) is 0 Å². The molecule has 0 radical (unpaired) electrons. The van der Waals surface area contributed by atoms with E-state index in [0.717, 1.165) is 31.4 Å². The third-order valence-corrected chi connectivity index (χ3v) is 3.47. The smallest absolute Gasteiger partial charge is 0.308 e. The lowest BCUT2D eigenvalue weighted by atomic mass is 9.80. The number of methoxy groups -OCH3 is 1. The lowest BCUT2D eigenvalue weighted by Gasteiger charge is -2.26. The first kappa shape index (κ1) is 11.9. The molecule has 1 aromatic rings. The number of hydrogen-bond donors (Lipinski definition) is 1.